The normalized spacial score (nSPS) is 13.4. The molecule has 0 spiro atoms. The van der Waals surface area contributed by atoms with Gasteiger partial charge in [-0.1, -0.05) is 13.8 Å². The minimum atomic E-state index is 0.566. The lowest BCUT2D eigenvalue weighted by Gasteiger charge is -2.13. The average molecular weight is 227 g/mol. The number of nitrogens with zero attached hydrogens (tertiary/aromatic N) is 2. The molecule has 0 saturated heterocycles. The van der Waals surface area contributed by atoms with Gasteiger partial charge < -0.3 is 5.32 Å². The van der Waals surface area contributed by atoms with Gasteiger partial charge in [-0.2, -0.15) is 0 Å². The predicted molar refractivity (Wildman–Crippen MR) is 65.0 cm³/mol. The molecule has 0 bridgehead atoms. The monoisotopic (exact) mass is 227 g/mol. The smallest absolute Gasteiger partial charge is 0.131 e. The van der Waals surface area contributed by atoms with Crippen LogP contribution in [0, 0.1) is 12.8 Å². The quantitative estimate of drug-likeness (QED) is 0.812. The van der Waals surface area contributed by atoms with Gasteiger partial charge in [0.05, 0.1) is 0 Å². The van der Waals surface area contributed by atoms with Crippen LogP contribution in [0.3, 0.4) is 0 Å². The van der Waals surface area contributed by atoms with Crippen molar-refractivity contribution in [1.29, 1.82) is 0 Å². The van der Waals surface area contributed by atoms with Crippen molar-refractivity contribution in [2.45, 2.75) is 53.1 Å². The summed E-state index contributed by atoms with van der Waals surface area (Å²) < 4.78 is 0. The maximum atomic E-state index is 4.09. The molecule has 1 aromatic heterocycles. The lowest BCUT2D eigenvalue weighted by atomic mass is 10.0. The van der Waals surface area contributed by atoms with Crippen molar-refractivity contribution in [3.8, 4) is 0 Å². The summed E-state index contributed by atoms with van der Waals surface area (Å²) in [6.07, 6.45) is 2.51. The number of rotatable bonds is 6. The molecular formula is C11H21N3S. The molecular weight excluding hydrogens is 206 g/mol. The van der Waals surface area contributed by atoms with E-state index in [4.69, 9.17) is 0 Å². The maximum Gasteiger partial charge on any atom is 0.131 e. The maximum absolute atomic E-state index is 4.09. The molecule has 1 heterocycles. The van der Waals surface area contributed by atoms with E-state index in [0.29, 0.717) is 6.04 Å². The van der Waals surface area contributed by atoms with Crippen molar-refractivity contribution in [2.75, 3.05) is 0 Å². The first-order valence-corrected chi connectivity index (χ1v) is 6.42. The van der Waals surface area contributed by atoms with E-state index >= 15 is 0 Å². The highest BCUT2D eigenvalue weighted by atomic mass is 32.1. The van der Waals surface area contributed by atoms with Crippen LogP contribution < -0.4 is 5.32 Å². The number of aromatic nitrogens is 2. The Bertz CT molecular complexity index is 283. The summed E-state index contributed by atoms with van der Waals surface area (Å²) in [4.78, 5) is 0. The molecule has 0 aliphatic carbocycles. The van der Waals surface area contributed by atoms with Gasteiger partial charge in [0.2, 0.25) is 0 Å². The average Bonchev–Trinajstić information content (AvgIpc) is 2.58. The molecule has 1 atom stereocenters. The first kappa shape index (κ1) is 12.6. The Kier molecular flexibility index (Phi) is 5.19. The number of aryl methyl sites for hydroxylation is 1. The lowest BCUT2D eigenvalue weighted by Crippen LogP contribution is -2.25. The van der Waals surface area contributed by atoms with Gasteiger partial charge in [0.1, 0.15) is 10.0 Å². The fourth-order valence-electron chi connectivity index (χ4n) is 1.36. The van der Waals surface area contributed by atoms with Crippen LogP contribution in [0.2, 0.25) is 0 Å². The van der Waals surface area contributed by atoms with E-state index in [-0.39, 0.29) is 0 Å². The summed E-state index contributed by atoms with van der Waals surface area (Å²) in [7, 11) is 0. The highest BCUT2D eigenvalue weighted by molar-refractivity contribution is 7.11. The molecule has 0 saturated carbocycles. The van der Waals surface area contributed by atoms with Gasteiger partial charge in [0, 0.05) is 12.6 Å². The van der Waals surface area contributed by atoms with E-state index in [2.05, 4.69) is 36.3 Å². The Labute approximate surface area is 96.3 Å². The van der Waals surface area contributed by atoms with Gasteiger partial charge >= 0.3 is 0 Å². The van der Waals surface area contributed by atoms with Crippen LogP contribution in [0.25, 0.3) is 0 Å². The van der Waals surface area contributed by atoms with Gasteiger partial charge in [0.25, 0.3) is 0 Å². The van der Waals surface area contributed by atoms with E-state index in [1.165, 1.54) is 12.8 Å². The van der Waals surface area contributed by atoms with E-state index in [0.717, 1.165) is 22.5 Å². The summed E-state index contributed by atoms with van der Waals surface area (Å²) in [5.41, 5.74) is 0. The summed E-state index contributed by atoms with van der Waals surface area (Å²) in [5.74, 6) is 0.790. The largest absolute Gasteiger partial charge is 0.308 e. The summed E-state index contributed by atoms with van der Waals surface area (Å²) in [6, 6.07) is 0.566. The van der Waals surface area contributed by atoms with E-state index in [1.807, 2.05) is 6.92 Å². The molecule has 86 valence electrons. The second-order valence-electron chi connectivity index (χ2n) is 4.47. The van der Waals surface area contributed by atoms with Crippen LogP contribution in [0.5, 0.6) is 0 Å². The number of nitrogens with one attached hydrogen (secondary N) is 1. The Balaban J connectivity index is 2.19. The van der Waals surface area contributed by atoms with Gasteiger partial charge in [0.15, 0.2) is 0 Å². The Morgan fingerprint density at radius 3 is 2.47 bits per heavy atom. The number of hydrogen-bond donors (Lipinski definition) is 1. The van der Waals surface area contributed by atoms with E-state index in [1.54, 1.807) is 11.3 Å². The zero-order chi connectivity index (χ0) is 11.3. The highest BCUT2D eigenvalue weighted by Gasteiger charge is 2.05. The fourth-order valence-corrected chi connectivity index (χ4v) is 2.02. The molecule has 0 radical (unpaired) electrons. The van der Waals surface area contributed by atoms with Crippen LogP contribution in [-0.2, 0) is 6.54 Å². The fraction of sp³-hybridized carbons (Fsp3) is 0.818. The molecule has 1 unspecified atom stereocenters. The third-order valence-corrected chi connectivity index (χ3v) is 3.19. The van der Waals surface area contributed by atoms with Crippen LogP contribution >= 0.6 is 11.3 Å². The summed E-state index contributed by atoms with van der Waals surface area (Å²) in [6.45, 7) is 9.60. The first-order valence-electron chi connectivity index (χ1n) is 5.60. The minimum Gasteiger partial charge on any atom is -0.308 e. The molecule has 0 aliphatic rings. The molecule has 0 aromatic carbocycles. The molecule has 1 rings (SSSR count). The Hall–Kier alpha value is -0.480. The third kappa shape index (κ3) is 5.23. The van der Waals surface area contributed by atoms with Gasteiger partial charge in [-0.05, 0) is 32.6 Å². The predicted octanol–water partition coefficient (Wildman–Crippen LogP) is 2.76. The Morgan fingerprint density at radius 1 is 1.20 bits per heavy atom. The van der Waals surface area contributed by atoms with Crippen molar-refractivity contribution in [2.24, 2.45) is 5.92 Å². The molecule has 0 aliphatic heterocycles. The second kappa shape index (κ2) is 6.18. The minimum absolute atomic E-state index is 0.566. The number of hydrogen-bond acceptors (Lipinski definition) is 4. The zero-order valence-corrected chi connectivity index (χ0v) is 10.9. The van der Waals surface area contributed by atoms with Crippen molar-refractivity contribution in [1.82, 2.24) is 15.5 Å². The van der Waals surface area contributed by atoms with Gasteiger partial charge in [-0.15, -0.1) is 21.5 Å². The van der Waals surface area contributed by atoms with Crippen LogP contribution in [0.4, 0.5) is 0 Å². The second-order valence-corrected chi connectivity index (χ2v) is 5.73. The zero-order valence-electron chi connectivity index (χ0n) is 10.1. The van der Waals surface area contributed by atoms with Crippen LogP contribution in [0.15, 0.2) is 0 Å². The van der Waals surface area contributed by atoms with Crippen LogP contribution in [-0.4, -0.2) is 16.2 Å². The lowest BCUT2D eigenvalue weighted by molar-refractivity contribution is 0.450. The molecule has 0 amide bonds. The van der Waals surface area contributed by atoms with Gasteiger partial charge in [-0.3, -0.25) is 0 Å². The Morgan fingerprint density at radius 2 is 1.93 bits per heavy atom. The topological polar surface area (TPSA) is 37.8 Å². The van der Waals surface area contributed by atoms with E-state index in [9.17, 15) is 0 Å². The summed E-state index contributed by atoms with van der Waals surface area (Å²) >= 11 is 1.67. The molecule has 1 N–H and O–H groups in total. The van der Waals surface area contributed by atoms with Crippen molar-refractivity contribution in [3.63, 3.8) is 0 Å². The third-order valence-electron chi connectivity index (χ3n) is 2.35. The molecule has 3 nitrogen and oxygen atoms in total. The molecule has 4 heteroatoms. The van der Waals surface area contributed by atoms with Crippen molar-refractivity contribution in [3.05, 3.63) is 10.0 Å². The van der Waals surface area contributed by atoms with Crippen LogP contribution in [0.1, 0.15) is 43.6 Å². The molecule has 0 fully saturated rings. The first-order chi connectivity index (χ1) is 7.08. The SMILES string of the molecule is Cc1nnc(CNC(C)CCC(C)C)s1. The molecule has 15 heavy (non-hydrogen) atoms. The van der Waals surface area contributed by atoms with Crippen molar-refractivity contribution < 1.29 is 0 Å². The van der Waals surface area contributed by atoms with Crippen molar-refractivity contribution >= 4 is 11.3 Å². The van der Waals surface area contributed by atoms with E-state index < -0.39 is 0 Å². The standard InChI is InChI=1S/C11H21N3S/c1-8(2)5-6-9(3)12-7-11-14-13-10(4)15-11/h8-9,12H,5-7H2,1-4H3. The highest BCUT2D eigenvalue weighted by Crippen LogP contribution is 2.09. The molecule has 1 aromatic rings. The van der Waals surface area contributed by atoms with Gasteiger partial charge in [-0.25, -0.2) is 0 Å². The summed E-state index contributed by atoms with van der Waals surface area (Å²) in [5, 5.41) is 13.7.